The monoisotopic (exact) mass is 397 g/mol. The van der Waals surface area contributed by atoms with Crippen LogP contribution in [0.15, 0.2) is 30.5 Å². The lowest BCUT2D eigenvalue weighted by atomic mass is 10.2. The van der Waals surface area contributed by atoms with Gasteiger partial charge in [0.2, 0.25) is 5.95 Å². The number of nitrogens with one attached hydrogen (secondary N) is 1. The van der Waals surface area contributed by atoms with Gasteiger partial charge in [0, 0.05) is 31.3 Å². The highest BCUT2D eigenvalue weighted by atomic mass is 32.1. The summed E-state index contributed by atoms with van der Waals surface area (Å²) in [6, 6.07) is 7.70. The number of thiophene rings is 1. The van der Waals surface area contributed by atoms with E-state index in [0.29, 0.717) is 24.7 Å². The summed E-state index contributed by atoms with van der Waals surface area (Å²) in [5, 5.41) is 3.29. The van der Waals surface area contributed by atoms with Gasteiger partial charge in [-0.2, -0.15) is 0 Å². The summed E-state index contributed by atoms with van der Waals surface area (Å²) in [4.78, 5) is 29.7. The normalized spacial score (nSPS) is 17.8. The highest BCUT2D eigenvalue weighted by Crippen LogP contribution is 2.29. The average Bonchev–Trinajstić information content (AvgIpc) is 3.33. The molecule has 2 unspecified atom stereocenters. The van der Waals surface area contributed by atoms with Gasteiger partial charge in [-0.25, -0.2) is 9.97 Å². The molecule has 1 saturated heterocycles. The molecule has 3 aromatic heterocycles. The van der Waals surface area contributed by atoms with Gasteiger partial charge in [-0.05, 0) is 38.5 Å². The van der Waals surface area contributed by atoms with Crippen LogP contribution in [0.4, 0.5) is 5.95 Å². The minimum absolute atomic E-state index is 0.0673. The maximum atomic E-state index is 13.2. The van der Waals surface area contributed by atoms with Gasteiger partial charge in [0.15, 0.2) is 5.69 Å². The fourth-order valence-electron chi connectivity index (χ4n) is 3.41. The fraction of sp³-hybridized carbons (Fsp3) is 0.400. The molecule has 1 aliphatic rings. The Bertz CT molecular complexity index is 991. The standard InChI is InChI=1S/C20H23N5O2S/c1-12-10-16-18(28-12)17(19(26)25-9-7-14(11-25)27-3)24-20(23-16)22-13(2)15-6-4-5-8-21-15/h4-6,8,10,13-14H,7,9,11H2,1-3H3,(H,22,23,24). The molecule has 0 aromatic carbocycles. The Morgan fingerprint density at radius 1 is 1.39 bits per heavy atom. The molecule has 4 rings (SSSR count). The molecule has 3 aromatic rings. The Balaban J connectivity index is 1.66. The Morgan fingerprint density at radius 3 is 2.96 bits per heavy atom. The number of carbonyl (C=O) groups excluding carboxylic acids is 1. The molecule has 4 heterocycles. The van der Waals surface area contributed by atoms with Crippen LogP contribution in [0.25, 0.3) is 10.2 Å². The van der Waals surface area contributed by atoms with Crippen molar-refractivity contribution >= 4 is 33.4 Å². The summed E-state index contributed by atoms with van der Waals surface area (Å²) in [7, 11) is 1.69. The van der Waals surface area contributed by atoms with E-state index in [0.717, 1.165) is 27.2 Å². The molecule has 28 heavy (non-hydrogen) atoms. The van der Waals surface area contributed by atoms with Crippen LogP contribution in [0.1, 0.15) is 40.4 Å². The maximum Gasteiger partial charge on any atom is 0.274 e. The predicted molar refractivity (Wildman–Crippen MR) is 110 cm³/mol. The number of pyridine rings is 1. The van der Waals surface area contributed by atoms with Crippen LogP contribution in [0.3, 0.4) is 0 Å². The number of likely N-dealkylation sites (tertiary alicyclic amines) is 1. The number of anilines is 1. The van der Waals surface area contributed by atoms with Crippen LogP contribution < -0.4 is 5.32 Å². The highest BCUT2D eigenvalue weighted by Gasteiger charge is 2.29. The molecule has 1 fully saturated rings. The predicted octanol–water partition coefficient (Wildman–Crippen LogP) is 3.43. The number of aryl methyl sites for hydroxylation is 1. The number of amides is 1. The first-order chi connectivity index (χ1) is 13.5. The minimum atomic E-state index is -0.0778. The lowest BCUT2D eigenvalue weighted by Crippen LogP contribution is -2.31. The van der Waals surface area contributed by atoms with Crippen molar-refractivity contribution in [3.05, 3.63) is 46.7 Å². The molecule has 1 aliphatic heterocycles. The largest absolute Gasteiger partial charge is 0.380 e. The molecule has 8 heteroatoms. The number of nitrogens with zero attached hydrogens (tertiary/aromatic N) is 4. The van der Waals surface area contributed by atoms with Crippen molar-refractivity contribution in [3.8, 4) is 0 Å². The van der Waals surface area contributed by atoms with Crippen molar-refractivity contribution in [2.24, 2.45) is 0 Å². The van der Waals surface area contributed by atoms with Crippen LogP contribution in [-0.4, -0.2) is 52.1 Å². The first-order valence-corrected chi connectivity index (χ1v) is 10.1. The van der Waals surface area contributed by atoms with E-state index in [1.165, 1.54) is 0 Å². The van der Waals surface area contributed by atoms with Gasteiger partial charge in [0.25, 0.3) is 5.91 Å². The van der Waals surface area contributed by atoms with Crippen molar-refractivity contribution in [3.63, 3.8) is 0 Å². The van der Waals surface area contributed by atoms with Crippen LogP contribution in [-0.2, 0) is 4.74 Å². The topological polar surface area (TPSA) is 80.2 Å². The Labute approximate surface area is 167 Å². The number of ether oxygens (including phenoxy) is 1. The lowest BCUT2D eigenvalue weighted by Gasteiger charge is -2.17. The van der Waals surface area contributed by atoms with E-state index in [1.807, 2.05) is 43.0 Å². The summed E-state index contributed by atoms with van der Waals surface area (Å²) < 4.78 is 6.23. The molecule has 7 nitrogen and oxygen atoms in total. The smallest absolute Gasteiger partial charge is 0.274 e. The summed E-state index contributed by atoms with van der Waals surface area (Å²) in [6.07, 6.45) is 2.70. The Hall–Kier alpha value is -2.58. The molecule has 0 spiro atoms. The summed E-state index contributed by atoms with van der Waals surface area (Å²) in [5.41, 5.74) is 2.14. The molecule has 1 amide bonds. The van der Waals surface area contributed by atoms with E-state index in [9.17, 15) is 4.79 Å². The van der Waals surface area contributed by atoms with E-state index in [4.69, 9.17) is 4.74 Å². The number of hydrogen-bond acceptors (Lipinski definition) is 7. The number of aromatic nitrogens is 3. The zero-order valence-corrected chi connectivity index (χ0v) is 17.0. The second-order valence-corrected chi connectivity index (χ2v) is 8.24. The van der Waals surface area contributed by atoms with E-state index >= 15 is 0 Å². The molecule has 2 atom stereocenters. The van der Waals surface area contributed by atoms with Crippen LogP contribution >= 0.6 is 11.3 Å². The Morgan fingerprint density at radius 2 is 2.25 bits per heavy atom. The van der Waals surface area contributed by atoms with E-state index < -0.39 is 0 Å². The van der Waals surface area contributed by atoms with E-state index in [-0.39, 0.29) is 18.1 Å². The first kappa shape index (κ1) is 18.8. The van der Waals surface area contributed by atoms with Gasteiger partial charge in [0.05, 0.1) is 28.1 Å². The second-order valence-electron chi connectivity index (χ2n) is 6.99. The van der Waals surface area contributed by atoms with E-state index in [1.54, 1.807) is 24.6 Å². The minimum Gasteiger partial charge on any atom is -0.380 e. The van der Waals surface area contributed by atoms with Crippen LogP contribution in [0.2, 0.25) is 0 Å². The molecule has 0 radical (unpaired) electrons. The van der Waals surface area contributed by atoms with Gasteiger partial charge >= 0.3 is 0 Å². The molecule has 0 aliphatic carbocycles. The molecule has 0 saturated carbocycles. The van der Waals surface area contributed by atoms with Gasteiger partial charge in [-0.15, -0.1) is 11.3 Å². The SMILES string of the molecule is COC1CCN(C(=O)c2nc(NC(C)c3ccccn3)nc3cc(C)sc23)C1. The summed E-state index contributed by atoms with van der Waals surface area (Å²) in [5.74, 6) is 0.372. The fourth-order valence-corrected chi connectivity index (χ4v) is 4.34. The van der Waals surface area contributed by atoms with Crippen molar-refractivity contribution in [2.75, 3.05) is 25.5 Å². The number of fused-ring (bicyclic) bond motifs is 1. The number of hydrogen-bond donors (Lipinski definition) is 1. The lowest BCUT2D eigenvalue weighted by molar-refractivity contribution is 0.0721. The Kier molecular flexibility index (Phi) is 5.23. The van der Waals surface area contributed by atoms with Crippen molar-refractivity contribution < 1.29 is 9.53 Å². The van der Waals surface area contributed by atoms with Crippen molar-refractivity contribution in [1.82, 2.24) is 19.9 Å². The molecule has 146 valence electrons. The first-order valence-electron chi connectivity index (χ1n) is 9.33. The third-order valence-corrected chi connectivity index (χ3v) is 5.99. The molecule has 1 N–H and O–H groups in total. The number of methoxy groups -OCH3 is 1. The van der Waals surface area contributed by atoms with Gasteiger partial charge in [-0.3, -0.25) is 9.78 Å². The molecule has 0 bridgehead atoms. The zero-order chi connectivity index (χ0) is 19.7. The third-order valence-electron chi connectivity index (χ3n) is 4.94. The summed E-state index contributed by atoms with van der Waals surface area (Å²) in [6.45, 7) is 5.29. The summed E-state index contributed by atoms with van der Waals surface area (Å²) >= 11 is 1.55. The zero-order valence-electron chi connectivity index (χ0n) is 16.2. The van der Waals surface area contributed by atoms with Crippen molar-refractivity contribution in [1.29, 1.82) is 0 Å². The van der Waals surface area contributed by atoms with Crippen LogP contribution in [0.5, 0.6) is 0 Å². The quantitative estimate of drug-likeness (QED) is 0.710. The van der Waals surface area contributed by atoms with Gasteiger partial charge in [-0.1, -0.05) is 6.07 Å². The molecular formula is C20H23N5O2S. The number of rotatable bonds is 5. The van der Waals surface area contributed by atoms with Crippen molar-refractivity contribution in [2.45, 2.75) is 32.4 Å². The number of carbonyl (C=O) groups is 1. The highest BCUT2D eigenvalue weighted by molar-refractivity contribution is 7.19. The van der Waals surface area contributed by atoms with Crippen LogP contribution in [0, 0.1) is 6.92 Å². The third kappa shape index (κ3) is 3.70. The van der Waals surface area contributed by atoms with Gasteiger partial charge < -0.3 is 15.0 Å². The second kappa shape index (κ2) is 7.81. The average molecular weight is 398 g/mol. The van der Waals surface area contributed by atoms with E-state index in [2.05, 4.69) is 20.3 Å². The van der Waals surface area contributed by atoms with Gasteiger partial charge in [0.1, 0.15) is 0 Å². The maximum absolute atomic E-state index is 13.2. The molecular weight excluding hydrogens is 374 g/mol.